The summed E-state index contributed by atoms with van der Waals surface area (Å²) in [7, 11) is 0. The normalized spacial score (nSPS) is 22.0. The van der Waals surface area contributed by atoms with Crippen molar-refractivity contribution in [3.63, 3.8) is 0 Å². The van der Waals surface area contributed by atoms with Gasteiger partial charge in [0.25, 0.3) is 5.56 Å². The average Bonchev–Trinajstić information content (AvgIpc) is 3.20. The van der Waals surface area contributed by atoms with Gasteiger partial charge in [0, 0.05) is 6.20 Å². The van der Waals surface area contributed by atoms with Crippen molar-refractivity contribution in [2.24, 2.45) is 0 Å². The predicted molar refractivity (Wildman–Crippen MR) is 133 cm³/mol. The monoisotopic (exact) mass is 486 g/mol. The minimum absolute atomic E-state index is 0.225. The van der Waals surface area contributed by atoms with E-state index in [9.17, 15) is 24.9 Å². The van der Waals surface area contributed by atoms with E-state index in [2.05, 4.69) is 4.98 Å². The molecule has 1 saturated heterocycles. The zero-order valence-corrected chi connectivity index (χ0v) is 19.3. The smallest absolute Gasteiger partial charge is 0.330 e. The van der Waals surface area contributed by atoms with Crippen molar-refractivity contribution in [1.82, 2.24) is 9.55 Å². The van der Waals surface area contributed by atoms with Gasteiger partial charge >= 0.3 is 5.69 Å². The summed E-state index contributed by atoms with van der Waals surface area (Å²) in [5.41, 5.74) is 0.0631. The number of benzene rings is 3. The van der Waals surface area contributed by atoms with Crippen LogP contribution in [0.1, 0.15) is 28.5 Å². The number of H-pyrrole nitrogens is 1. The van der Waals surface area contributed by atoms with Crippen LogP contribution in [0.3, 0.4) is 0 Å². The van der Waals surface area contributed by atoms with Gasteiger partial charge in [-0.25, -0.2) is 4.79 Å². The first-order chi connectivity index (χ1) is 17.5. The van der Waals surface area contributed by atoms with Crippen molar-refractivity contribution in [1.29, 1.82) is 0 Å². The van der Waals surface area contributed by atoms with E-state index >= 15 is 0 Å². The lowest BCUT2D eigenvalue weighted by Gasteiger charge is -2.36. The Kier molecular flexibility index (Phi) is 6.42. The molecule has 0 amide bonds. The molecule has 5 rings (SSSR count). The standard InChI is InChI=1S/C28H26N2O6/c31-17-22-23(32)24(33)26(36-22)30-16-21(25(34)29-27(30)35)28(18-10-4-1-5-11-18,19-12-6-2-7-13-19)20-14-8-3-9-15-20/h1-16,22-24,26,31-33H,17H2,(H,29,34,35)/t22-,23?,24?,26-/m0/s1. The Morgan fingerprint density at radius 2 is 1.25 bits per heavy atom. The van der Waals surface area contributed by atoms with Crippen LogP contribution in [0.5, 0.6) is 0 Å². The number of nitrogens with zero attached hydrogens (tertiary/aromatic N) is 1. The van der Waals surface area contributed by atoms with Gasteiger partial charge in [-0.2, -0.15) is 0 Å². The van der Waals surface area contributed by atoms with E-state index in [-0.39, 0.29) is 5.56 Å². The molecule has 1 aromatic heterocycles. The molecule has 184 valence electrons. The van der Waals surface area contributed by atoms with Gasteiger partial charge in [0.15, 0.2) is 6.23 Å². The van der Waals surface area contributed by atoms with Crippen molar-refractivity contribution in [3.05, 3.63) is 140 Å². The van der Waals surface area contributed by atoms with E-state index in [0.717, 1.165) is 21.3 Å². The highest BCUT2D eigenvalue weighted by Gasteiger charge is 2.45. The molecular weight excluding hydrogens is 460 g/mol. The Labute approximate surface area is 206 Å². The highest BCUT2D eigenvalue weighted by Crippen LogP contribution is 2.43. The summed E-state index contributed by atoms with van der Waals surface area (Å²) >= 11 is 0. The second-order valence-corrected chi connectivity index (χ2v) is 8.79. The Hall–Kier alpha value is -3.82. The summed E-state index contributed by atoms with van der Waals surface area (Å²) < 4.78 is 6.69. The SMILES string of the molecule is O=c1[nH]c(=O)n([C@H]2O[C@@H](CO)C(O)C2O)cc1C(c1ccccc1)(c1ccccc1)c1ccccc1. The Morgan fingerprint density at radius 3 is 1.67 bits per heavy atom. The van der Waals surface area contributed by atoms with Gasteiger partial charge in [-0.1, -0.05) is 91.0 Å². The van der Waals surface area contributed by atoms with Crippen molar-refractivity contribution in [3.8, 4) is 0 Å². The summed E-state index contributed by atoms with van der Waals surface area (Å²) in [6.07, 6.45) is -3.88. The molecule has 36 heavy (non-hydrogen) atoms. The summed E-state index contributed by atoms with van der Waals surface area (Å²) in [5, 5.41) is 30.4. The van der Waals surface area contributed by atoms with Gasteiger partial charge in [0.05, 0.1) is 17.6 Å². The van der Waals surface area contributed by atoms with Crippen LogP contribution in [0.4, 0.5) is 0 Å². The van der Waals surface area contributed by atoms with Gasteiger partial charge in [-0.15, -0.1) is 0 Å². The Bertz CT molecular complexity index is 1340. The largest absolute Gasteiger partial charge is 0.394 e. The van der Waals surface area contributed by atoms with Crippen molar-refractivity contribution in [2.75, 3.05) is 6.61 Å². The second kappa shape index (κ2) is 9.67. The minimum Gasteiger partial charge on any atom is -0.394 e. The number of rotatable bonds is 6. The van der Waals surface area contributed by atoms with E-state index in [0.29, 0.717) is 0 Å². The van der Waals surface area contributed by atoms with E-state index < -0.39 is 47.8 Å². The van der Waals surface area contributed by atoms with Crippen molar-refractivity contribution < 1.29 is 20.1 Å². The first-order valence-corrected chi connectivity index (χ1v) is 11.6. The zero-order chi connectivity index (χ0) is 25.3. The number of nitrogens with one attached hydrogen (secondary N) is 1. The van der Waals surface area contributed by atoms with E-state index in [4.69, 9.17) is 4.74 Å². The maximum atomic E-state index is 13.6. The summed E-state index contributed by atoms with van der Waals surface area (Å²) in [6, 6.07) is 28.4. The predicted octanol–water partition coefficient (Wildman–Crippen LogP) is 1.53. The molecule has 4 N–H and O–H groups in total. The molecule has 8 heteroatoms. The van der Waals surface area contributed by atoms with Gasteiger partial charge in [-0.3, -0.25) is 14.3 Å². The number of hydrogen-bond donors (Lipinski definition) is 4. The second-order valence-electron chi connectivity index (χ2n) is 8.79. The summed E-state index contributed by atoms with van der Waals surface area (Å²) in [4.78, 5) is 28.9. The van der Waals surface area contributed by atoms with Crippen LogP contribution in [-0.2, 0) is 10.2 Å². The first-order valence-electron chi connectivity index (χ1n) is 11.6. The van der Waals surface area contributed by atoms with Gasteiger partial charge in [0.2, 0.25) is 0 Å². The summed E-state index contributed by atoms with van der Waals surface area (Å²) in [6.45, 7) is -0.540. The topological polar surface area (TPSA) is 125 Å². The molecule has 0 spiro atoms. The maximum Gasteiger partial charge on any atom is 0.330 e. The van der Waals surface area contributed by atoms with E-state index in [1.54, 1.807) is 0 Å². The molecule has 1 aliphatic rings. The lowest BCUT2D eigenvalue weighted by molar-refractivity contribution is -0.0551. The molecule has 0 aliphatic carbocycles. The molecule has 0 bridgehead atoms. The third kappa shape index (κ3) is 3.81. The summed E-state index contributed by atoms with van der Waals surface area (Å²) in [5.74, 6) is 0. The molecule has 4 atom stereocenters. The fourth-order valence-corrected chi connectivity index (χ4v) is 5.08. The first kappa shape index (κ1) is 23.9. The number of aliphatic hydroxyl groups excluding tert-OH is 3. The molecule has 0 radical (unpaired) electrons. The van der Waals surface area contributed by atoms with Crippen LogP contribution >= 0.6 is 0 Å². The number of ether oxygens (including phenoxy) is 1. The highest BCUT2D eigenvalue weighted by atomic mass is 16.6. The van der Waals surface area contributed by atoms with E-state index in [1.807, 2.05) is 91.0 Å². The van der Waals surface area contributed by atoms with Crippen LogP contribution in [0.15, 0.2) is 107 Å². The molecule has 2 heterocycles. The van der Waals surface area contributed by atoms with Crippen LogP contribution in [-0.4, -0.2) is 49.8 Å². The Balaban J connectivity index is 1.85. The number of aliphatic hydroxyl groups is 3. The van der Waals surface area contributed by atoms with Crippen LogP contribution in [0, 0.1) is 0 Å². The van der Waals surface area contributed by atoms with Gasteiger partial charge in [-0.05, 0) is 16.7 Å². The van der Waals surface area contributed by atoms with Crippen LogP contribution < -0.4 is 11.2 Å². The van der Waals surface area contributed by atoms with Gasteiger partial charge in [0.1, 0.15) is 18.3 Å². The third-order valence-electron chi connectivity index (χ3n) is 6.78. The van der Waals surface area contributed by atoms with Crippen molar-refractivity contribution >= 4 is 0 Å². The molecule has 0 saturated carbocycles. The molecule has 3 aromatic carbocycles. The minimum atomic E-state index is -1.49. The lowest BCUT2D eigenvalue weighted by atomic mass is 9.66. The average molecular weight is 487 g/mol. The molecule has 4 aromatic rings. The fourth-order valence-electron chi connectivity index (χ4n) is 5.08. The number of aromatic amines is 1. The van der Waals surface area contributed by atoms with Crippen LogP contribution in [0.25, 0.3) is 0 Å². The molecular formula is C28H26N2O6. The van der Waals surface area contributed by atoms with Crippen molar-refractivity contribution in [2.45, 2.75) is 30.0 Å². The van der Waals surface area contributed by atoms with Crippen LogP contribution in [0.2, 0.25) is 0 Å². The number of aromatic nitrogens is 2. The molecule has 1 aliphatic heterocycles. The zero-order valence-electron chi connectivity index (χ0n) is 19.3. The number of hydrogen-bond acceptors (Lipinski definition) is 6. The quantitative estimate of drug-likeness (QED) is 0.307. The fraction of sp³-hybridized carbons (Fsp3) is 0.214. The molecule has 1 fully saturated rings. The van der Waals surface area contributed by atoms with Gasteiger partial charge < -0.3 is 20.1 Å². The lowest BCUT2D eigenvalue weighted by Crippen LogP contribution is -2.43. The van der Waals surface area contributed by atoms with E-state index in [1.165, 1.54) is 6.20 Å². The molecule has 2 unspecified atom stereocenters. The molecule has 8 nitrogen and oxygen atoms in total. The Morgan fingerprint density at radius 1 is 0.778 bits per heavy atom. The maximum absolute atomic E-state index is 13.6. The third-order valence-corrected chi connectivity index (χ3v) is 6.78. The highest BCUT2D eigenvalue weighted by molar-refractivity contribution is 5.58.